The standard InChI is InChI=1S/C48H76N2O4/c1-5-9-13-17-21-25-33-49(34-26-22-18-14-10-6-2)39-29-31-41(43(51)37-39)45-47(53)46(48(45)54)42-32-30-40(38-44(42)52)50(35-27-23-19-15-11-7-3)36-28-24-20-16-12-8-4/h29-32,37-38,51,53H,5-28,33-36H2,1-4H3. The number of carbonyl (C=O) groups excluding carboxylic acids is 2. The molecule has 2 aliphatic rings. The molecule has 0 spiro atoms. The number of nitrogens with zero attached hydrogens (tertiary/aromatic N) is 2. The van der Waals surface area contributed by atoms with E-state index < -0.39 is 5.78 Å². The van der Waals surface area contributed by atoms with Crippen molar-refractivity contribution in [2.75, 3.05) is 31.1 Å². The summed E-state index contributed by atoms with van der Waals surface area (Å²) in [5.41, 5.74) is 2.52. The maximum atomic E-state index is 13.6. The molecular weight excluding hydrogens is 669 g/mol. The van der Waals surface area contributed by atoms with E-state index in [9.17, 15) is 19.8 Å². The molecule has 2 aliphatic carbocycles. The van der Waals surface area contributed by atoms with E-state index in [1.54, 1.807) is 24.3 Å². The van der Waals surface area contributed by atoms with Crippen LogP contribution in [0.2, 0.25) is 0 Å². The molecule has 0 fully saturated rings. The number of hydrogen-bond donors (Lipinski definition) is 2. The molecule has 0 saturated carbocycles. The van der Waals surface area contributed by atoms with Gasteiger partial charge in [-0.3, -0.25) is 9.59 Å². The monoisotopic (exact) mass is 745 g/mol. The van der Waals surface area contributed by atoms with Crippen molar-refractivity contribution in [2.45, 2.75) is 182 Å². The van der Waals surface area contributed by atoms with Crippen molar-refractivity contribution in [2.24, 2.45) is 0 Å². The number of allylic oxidation sites excluding steroid dienone is 6. The number of unbranched alkanes of at least 4 members (excludes halogenated alkanes) is 20. The Morgan fingerprint density at radius 3 is 1.33 bits per heavy atom. The van der Waals surface area contributed by atoms with Crippen molar-refractivity contribution in [3.05, 3.63) is 64.6 Å². The fourth-order valence-corrected chi connectivity index (χ4v) is 7.82. The van der Waals surface area contributed by atoms with E-state index in [1.165, 1.54) is 128 Å². The molecule has 6 nitrogen and oxygen atoms in total. The normalized spacial score (nSPS) is 15.6. The Labute approximate surface area is 329 Å². The Balaban J connectivity index is 1.72. The third-order valence-electron chi connectivity index (χ3n) is 11.3. The van der Waals surface area contributed by atoms with Gasteiger partial charge in [-0.25, -0.2) is 0 Å². The summed E-state index contributed by atoms with van der Waals surface area (Å²) in [7, 11) is 0. The summed E-state index contributed by atoms with van der Waals surface area (Å²) >= 11 is 0. The van der Waals surface area contributed by atoms with Crippen molar-refractivity contribution in [1.29, 1.82) is 0 Å². The molecule has 54 heavy (non-hydrogen) atoms. The highest BCUT2D eigenvalue weighted by Crippen LogP contribution is 2.43. The van der Waals surface area contributed by atoms with Gasteiger partial charge in [-0.1, -0.05) is 156 Å². The van der Waals surface area contributed by atoms with E-state index in [4.69, 9.17) is 0 Å². The van der Waals surface area contributed by atoms with Gasteiger partial charge in [0, 0.05) is 60.8 Å². The zero-order valence-electron chi connectivity index (χ0n) is 34.9. The number of anilines is 1. The summed E-state index contributed by atoms with van der Waals surface area (Å²) in [6, 6.07) is 5.46. The lowest BCUT2D eigenvalue weighted by Gasteiger charge is -2.29. The number of ketones is 2. The van der Waals surface area contributed by atoms with Crippen LogP contribution < -0.4 is 4.90 Å². The number of Topliss-reactive ketones (excluding diaryl/α,β-unsaturated/α-hetero) is 1. The largest absolute Gasteiger partial charge is 0.507 e. The van der Waals surface area contributed by atoms with Crippen LogP contribution in [0, 0.1) is 0 Å². The first-order chi connectivity index (χ1) is 26.4. The number of carbonyl (C=O) groups is 2. The number of hydrogen-bond acceptors (Lipinski definition) is 6. The van der Waals surface area contributed by atoms with Gasteiger partial charge in [-0.15, -0.1) is 0 Å². The smallest absolute Gasteiger partial charge is 0.202 e. The van der Waals surface area contributed by atoms with Crippen LogP contribution in [0.15, 0.2) is 59.0 Å². The number of aromatic hydroxyl groups is 1. The molecule has 302 valence electrons. The lowest BCUT2D eigenvalue weighted by atomic mass is 9.79. The minimum atomic E-state index is -0.396. The van der Waals surface area contributed by atoms with E-state index in [-0.39, 0.29) is 34.0 Å². The van der Waals surface area contributed by atoms with Crippen molar-refractivity contribution in [3.63, 3.8) is 0 Å². The van der Waals surface area contributed by atoms with Crippen LogP contribution in [-0.2, 0) is 9.59 Å². The summed E-state index contributed by atoms with van der Waals surface area (Å²) in [5, 5.41) is 22.4. The molecule has 1 aromatic rings. The van der Waals surface area contributed by atoms with Gasteiger partial charge < -0.3 is 20.0 Å². The van der Waals surface area contributed by atoms with Crippen LogP contribution in [0.5, 0.6) is 5.75 Å². The fourth-order valence-electron chi connectivity index (χ4n) is 7.82. The number of aliphatic hydroxyl groups is 1. The van der Waals surface area contributed by atoms with Gasteiger partial charge in [0.2, 0.25) is 5.78 Å². The number of benzene rings is 1. The zero-order chi connectivity index (χ0) is 39.0. The van der Waals surface area contributed by atoms with Crippen molar-refractivity contribution in [1.82, 2.24) is 4.90 Å². The molecule has 1 aromatic carbocycles. The van der Waals surface area contributed by atoms with Gasteiger partial charge in [0.25, 0.3) is 0 Å². The van der Waals surface area contributed by atoms with Crippen molar-refractivity contribution in [3.8, 4) is 5.75 Å². The predicted molar refractivity (Wildman–Crippen MR) is 229 cm³/mol. The van der Waals surface area contributed by atoms with Crippen LogP contribution in [0.1, 0.15) is 187 Å². The van der Waals surface area contributed by atoms with Gasteiger partial charge in [-0.05, 0) is 50.0 Å². The molecule has 0 radical (unpaired) electrons. The molecule has 0 heterocycles. The Bertz CT molecular complexity index is 1370. The van der Waals surface area contributed by atoms with E-state index in [0.717, 1.165) is 63.2 Å². The molecule has 0 aliphatic heterocycles. The number of rotatable bonds is 31. The predicted octanol–water partition coefficient (Wildman–Crippen LogP) is 13.1. The highest BCUT2D eigenvalue weighted by molar-refractivity contribution is 6.41. The minimum Gasteiger partial charge on any atom is -0.507 e. The van der Waals surface area contributed by atoms with Crippen LogP contribution in [-0.4, -0.2) is 52.9 Å². The van der Waals surface area contributed by atoms with Crippen molar-refractivity contribution >= 4 is 22.8 Å². The van der Waals surface area contributed by atoms with Crippen LogP contribution in [0.25, 0.3) is 5.57 Å². The average molecular weight is 745 g/mol. The Hall–Kier alpha value is -3.28. The first-order valence-electron chi connectivity index (χ1n) is 22.4. The summed E-state index contributed by atoms with van der Waals surface area (Å²) in [6.07, 6.45) is 34.7. The highest BCUT2D eigenvalue weighted by Gasteiger charge is 2.39. The molecule has 0 amide bonds. The maximum Gasteiger partial charge on any atom is 0.202 e. The minimum absolute atomic E-state index is 0.0185. The summed E-state index contributed by atoms with van der Waals surface area (Å²) < 4.78 is 0. The summed E-state index contributed by atoms with van der Waals surface area (Å²) in [6.45, 7) is 12.6. The Morgan fingerprint density at radius 1 is 0.500 bits per heavy atom. The quantitative estimate of drug-likeness (QED) is 0.0582. The molecule has 2 N–H and O–H groups in total. The van der Waals surface area contributed by atoms with Crippen LogP contribution in [0.4, 0.5) is 5.69 Å². The average Bonchev–Trinajstić information content (AvgIpc) is 3.17. The Morgan fingerprint density at radius 2 is 0.926 bits per heavy atom. The van der Waals surface area contributed by atoms with E-state index in [1.807, 2.05) is 12.1 Å². The SMILES string of the molecule is CCCCCCCCN(CCCCCCCC)C1=CC(=O)C(=C2C(=O)C(c3ccc(N(CCCCCCCC)CCCCCCCC)cc3O)=C2O)C=C1. The van der Waals surface area contributed by atoms with Crippen LogP contribution in [0.3, 0.4) is 0 Å². The lowest BCUT2D eigenvalue weighted by Crippen LogP contribution is -2.29. The molecule has 0 aromatic heterocycles. The number of phenols is 1. The summed E-state index contributed by atoms with van der Waals surface area (Å²) in [4.78, 5) is 31.8. The second-order valence-corrected chi connectivity index (χ2v) is 15.9. The van der Waals surface area contributed by atoms with E-state index >= 15 is 0 Å². The van der Waals surface area contributed by atoms with E-state index in [2.05, 4.69) is 37.5 Å². The molecule has 3 rings (SSSR count). The highest BCUT2D eigenvalue weighted by atomic mass is 16.3. The maximum absolute atomic E-state index is 13.6. The summed E-state index contributed by atoms with van der Waals surface area (Å²) in [5.74, 6) is -0.876. The molecule has 0 unspecified atom stereocenters. The molecule has 0 saturated heterocycles. The zero-order valence-corrected chi connectivity index (χ0v) is 34.9. The first kappa shape index (κ1) is 45.1. The number of phenolic OH excluding ortho intramolecular Hbond substituents is 1. The second kappa shape index (κ2) is 26.5. The second-order valence-electron chi connectivity index (χ2n) is 15.9. The fraction of sp³-hybridized carbons (Fsp3) is 0.667. The molecule has 6 heteroatoms. The third kappa shape index (κ3) is 14.8. The van der Waals surface area contributed by atoms with Gasteiger partial charge in [0.05, 0.1) is 11.1 Å². The molecule has 0 bridgehead atoms. The van der Waals surface area contributed by atoms with Gasteiger partial charge >= 0.3 is 0 Å². The topological polar surface area (TPSA) is 81.1 Å². The first-order valence-corrected chi connectivity index (χ1v) is 22.4. The molecular formula is C48H76N2O4. The lowest BCUT2D eigenvalue weighted by molar-refractivity contribution is -0.114. The third-order valence-corrected chi connectivity index (χ3v) is 11.3. The molecule has 0 atom stereocenters. The number of aliphatic hydroxyl groups excluding tert-OH is 1. The van der Waals surface area contributed by atoms with Crippen LogP contribution >= 0.6 is 0 Å². The van der Waals surface area contributed by atoms with Gasteiger partial charge in [0.1, 0.15) is 11.5 Å². The van der Waals surface area contributed by atoms with E-state index in [0.29, 0.717) is 5.56 Å². The van der Waals surface area contributed by atoms with Crippen molar-refractivity contribution < 1.29 is 19.8 Å². The van der Waals surface area contributed by atoms with Gasteiger partial charge in [0.15, 0.2) is 5.78 Å². The van der Waals surface area contributed by atoms with Gasteiger partial charge in [-0.2, -0.15) is 0 Å². The Kier molecular flexibility index (Phi) is 22.1.